The van der Waals surface area contributed by atoms with Crippen LogP contribution >= 0.6 is 11.3 Å². The first kappa shape index (κ1) is 19.1. The first-order valence-corrected chi connectivity index (χ1v) is 9.63. The summed E-state index contributed by atoms with van der Waals surface area (Å²) in [5.74, 6) is -0.279. The molecule has 9 heteroatoms. The van der Waals surface area contributed by atoms with E-state index in [0.717, 1.165) is 29.5 Å². The van der Waals surface area contributed by atoms with Crippen LogP contribution in [0.3, 0.4) is 0 Å². The lowest BCUT2D eigenvalue weighted by molar-refractivity contribution is -0.129. The predicted octanol–water partition coefficient (Wildman–Crippen LogP) is 0.669. The van der Waals surface area contributed by atoms with Gasteiger partial charge in [-0.15, -0.1) is 11.3 Å². The zero-order valence-electron chi connectivity index (χ0n) is 15.1. The van der Waals surface area contributed by atoms with Crippen molar-refractivity contribution in [3.63, 3.8) is 0 Å². The Bertz CT molecular complexity index is 802. The number of benzene rings is 1. The number of para-hydroxylation sites is 2. The maximum absolute atomic E-state index is 12.0. The van der Waals surface area contributed by atoms with Crippen molar-refractivity contribution in [3.8, 4) is 5.75 Å². The number of rotatable bonds is 5. The Balaban J connectivity index is 1.38. The Hall–Kier alpha value is -2.65. The van der Waals surface area contributed by atoms with Gasteiger partial charge in [0.2, 0.25) is 5.91 Å². The molecule has 1 aromatic carbocycles. The number of thiazole rings is 1. The summed E-state index contributed by atoms with van der Waals surface area (Å²) >= 11 is 1.42. The van der Waals surface area contributed by atoms with Gasteiger partial charge in [-0.2, -0.15) is 0 Å². The van der Waals surface area contributed by atoms with E-state index in [1.165, 1.54) is 11.3 Å². The Morgan fingerprint density at radius 2 is 1.85 bits per heavy atom. The van der Waals surface area contributed by atoms with Crippen LogP contribution in [-0.2, 0) is 16.0 Å². The minimum atomic E-state index is -0.290. The molecule has 27 heavy (non-hydrogen) atoms. The molecule has 3 rings (SSSR count). The number of hydrogen-bond donors (Lipinski definition) is 3. The lowest BCUT2D eigenvalue weighted by Crippen LogP contribution is -2.52. The molecular weight excluding hydrogens is 366 g/mol. The van der Waals surface area contributed by atoms with E-state index in [4.69, 9.17) is 0 Å². The van der Waals surface area contributed by atoms with Crippen LogP contribution in [-0.4, -0.2) is 59.5 Å². The van der Waals surface area contributed by atoms with E-state index in [-0.39, 0.29) is 30.5 Å². The first-order valence-electron chi connectivity index (χ1n) is 8.75. The van der Waals surface area contributed by atoms with Gasteiger partial charge in [0, 0.05) is 37.3 Å². The fourth-order valence-corrected chi connectivity index (χ4v) is 3.70. The van der Waals surface area contributed by atoms with Gasteiger partial charge in [0.1, 0.15) is 10.8 Å². The van der Waals surface area contributed by atoms with Gasteiger partial charge in [0.25, 0.3) is 5.91 Å². The molecule has 1 aromatic heterocycles. The smallest absolute Gasteiger partial charge is 0.252 e. The van der Waals surface area contributed by atoms with Gasteiger partial charge in [-0.3, -0.25) is 25.3 Å². The highest BCUT2D eigenvalue weighted by Crippen LogP contribution is 2.27. The maximum Gasteiger partial charge on any atom is 0.252 e. The highest BCUT2D eigenvalue weighted by Gasteiger charge is 2.20. The molecule has 1 aliphatic heterocycles. The third kappa shape index (κ3) is 5.41. The van der Waals surface area contributed by atoms with Crippen LogP contribution in [0, 0.1) is 6.92 Å². The summed E-state index contributed by atoms with van der Waals surface area (Å²) in [4.78, 5) is 32.2. The second-order valence-electron chi connectivity index (χ2n) is 6.41. The van der Waals surface area contributed by atoms with E-state index in [9.17, 15) is 14.7 Å². The Morgan fingerprint density at radius 3 is 2.52 bits per heavy atom. The van der Waals surface area contributed by atoms with Crippen molar-refractivity contribution in [2.75, 3.05) is 37.6 Å². The molecule has 1 fully saturated rings. The minimum Gasteiger partial charge on any atom is -0.506 e. The number of nitrogens with one attached hydrogen (secondary N) is 2. The van der Waals surface area contributed by atoms with Crippen LogP contribution in [0.4, 0.5) is 5.69 Å². The fourth-order valence-electron chi connectivity index (χ4n) is 2.93. The molecule has 2 aromatic rings. The lowest BCUT2D eigenvalue weighted by Gasteiger charge is -2.35. The van der Waals surface area contributed by atoms with E-state index in [2.05, 4.69) is 20.7 Å². The number of aromatic hydroxyl groups is 1. The Labute approximate surface area is 161 Å². The highest BCUT2D eigenvalue weighted by molar-refractivity contribution is 7.09. The van der Waals surface area contributed by atoms with Crippen molar-refractivity contribution in [3.05, 3.63) is 40.3 Å². The number of piperazine rings is 1. The van der Waals surface area contributed by atoms with Crippen LogP contribution < -0.4 is 15.8 Å². The molecule has 0 bridgehead atoms. The summed E-state index contributed by atoms with van der Waals surface area (Å²) in [6, 6.07) is 7.25. The second kappa shape index (κ2) is 8.83. The van der Waals surface area contributed by atoms with Crippen LogP contribution in [0.25, 0.3) is 0 Å². The molecule has 0 saturated carbocycles. The normalized spacial score (nSPS) is 14.8. The van der Waals surface area contributed by atoms with E-state index in [1.54, 1.807) is 12.1 Å². The van der Waals surface area contributed by atoms with Gasteiger partial charge >= 0.3 is 0 Å². The topological polar surface area (TPSA) is 97.8 Å². The van der Waals surface area contributed by atoms with E-state index >= 15 is 0 Å². The number of carbonyl (C=O) groups is 2. The standard InChI is InChI=1S/C18H23N5O3S/c1-13-12-27-18(19-13)10-16(25)20-21-17(26)11-22-6-8-23(9-7-22)14-4-2-3-5-15(14)24/h2-5,12,24H,6-11H2,1H3,(H,20,25)(H,21,26). The molecule has 0 aliphatic carbocycles. The van der Waals surface area contributed by atoms with Gasteiger partial charge in [-0.25, -0.2) is 4.98 Å². The predicted molar refractivity (Wildman–Crippen MR) is 104 cm³/mol. The molecule has 2 amide bonds. The van der Waals surface area contributed by atoms with Crippen LogP contribution in [0.2, 0.25) is 0 Å². The first-order chi connectivity index (χ1) is 13.0. The van der Waals surface area contributed by atoms with E-state index in [0.29, 0.717) is 13.1 Å². The highest BCUT2D eigenvalue weighted by atomic mass is 32.1. The van der Waals surface area contributed by atoms with Crippen molar-refractivity contribution >= 4 is 28.8 Å². The van der Waals surface area contributed by atoms with Crippen LogP contribution in [0.1, 0.15) is 10.7 Å². The molecule has 2 heterocycles. The number of hydrazine groups is 1. The van der Waals surface area contributed by atoms with Crippen molar-refractivity contribution < 1.29 is 14.7 Å². The summed E-state index contributed by atoms with van der Waals surface area (Å²) in [5.41, 5.74) is 6.58. The van der Waals surface area contributed by atoms with Gasteiger partial charge in [-0.1, -0.05) is 12.1 Å². The zero-order chi connectivity index (χ0) is 19.2. The number of aryl methyl sites for hydroxylation is 1. The molecule has 3 N–H and O–H groups in total. The number of hydrogen-bond acceptors (Lipinski definition) is 7. The number of amides is 2. The largest absolute Gasteiger partial charge is 0.506 e. The van der Waals surface area contributed by atoms with Crippen LogP contribution in [0.15, 0.2) is 29.6 Å². The quantitative estimate of drug-likeness (QED) is 0.651. The Kier molecular flexibility index (Phi) is 6.25. The SMILES string of the molecule is Cc1csc(CC(=O)NNC(=O)CN2CCN(c3ccccc3O)CC2)n1. The lowest BCUT2D eigenvalue weighted by atomic mass is 10.2. The number of aromatic nitrogens is 1. The molecule has 144 valence electrons. The molecule has 8 nitrogen and oxygen atoms in total. The third-order valence-corrected chi connectivity index (χ3v) is 5.25. The summed E-state index contributed by atoms with van der Waals surface area (Å²) in [5, 5.41) is 12.5. The average molecular weight is 389 g/mol. The third-order valence-electron chi connectivity index (χ3n) is 4.28. The molecule has 0 spiro atoms. The van der Waals surface area contributed by atoms with Gasteiger partial charge in [-0.05, 0) is 19.1 Å². The summed E-state index contributed by atoms with van der Waals surface area (Å²) in [7, 11) is 0. The average Bonchev–Trinajstić information content (AvgIpc) is 3.06. The van der Waals surface area contributed by atoms with Crippen molar-refractivity contribution in [1.82, 2.24) is 20.7 Å². The molecule has 0 unspecified atom stereocenters. The summed E-state index contributed by atoms with van der Waals surface area (Å²) in [6.07, 6.45) is 0.151. The van der Waals surface area contributed by atoms with Crippen molar-refractivity contribution in [2.45, 2.75) is 13.3 Å². The second-order valence-corrected chi connectivity index (χ2v) is 7.35. The molecular formula is C18H23N5O3S. The number of phenolic OH excluding ortho intramolecular Hbond substituents is 1. The number of carbonyl (C=O) groups excluding carboxylic acids is 2. The maximum atomic E-state index is 12.0. The van der Waals surface area contributed by atoms with Crippen molar-refractivity contribution in [2.24, 2.45) is 0 Å². The van der Waals surface area contributed by atoms with E-state index in [1.807, 2.05) is 29.3 Å². The molecule has 0 radical (unpaired) electrons. The Morgan fingerprint density at radius 1 is 1.15 bits per heavy atom. The molecule has 1 saturated heterocycles. The fraction of sp³-hybridized carbons (Fsp3) is 0.389. The number of nitrogens with zero attached hydrogens (tertiary/aromatic N) is 3. The zero-order valence-corrected chi connectivity index (χ0v) is 16.0. The molecule has 1 aliphatic rings. The monoisotopic (exact) mass is 389 g/mol. The summed E-state index contributed by atoms with van der Waals surface area (Å²) in [6.45, 7) is 4.94. The van der Waals surface area contributed by atoms with Gasteiger partial charge < -0.3 is 10.0 Å². The van der Waals surface area contributed by atoms with Gasteiger partial charge in [0.05, 0.1) is 18.7 Å². The van der Waals surface area contributed by atoms with Crippen molar-refractivity contribution in [1.29, 1.82) is 0 Å². The molecule has 0 atom stereocenters. The van der Waals surface area contributed by atoms with Gasteiger partial charge in [0.15, 0.2) is 0 Å². The van der Waals surface area contributed by atoms with Crippen LogP contribution in [0.5, 0.6) is 5.75 Å². The number of phenols is 1. The summed E-state index contributed by atoms with van der Waals surface area (Å²) < 4.78 is 0. The van der Waals surface area contributed by atoms with E-state index < -0.39 is 0 Å². The number of anilines is 1. The minimum absolute atomic E-state index is 0.151.